The summed E-state index contributed by atoms with van der Waals surface area (Å²) in [6, 6.07) is 0. The first-order valence-corrected chi connectivity index (χ1v) is 7.07. The minimum atomic E-state index is -1.09. The molecule has 0 aliphatic carbocycles. The maximum Gasteiger partial charge on any atom is 0.206 e. The normalized spacial score (nSPS) is 10.8. The molecule has 17 heavy (non-hydrogen) atoms. The van der Waals surface area contributed by atoms with Crippen molar-refractivity contribution < 1.29 is 14.8 Å². The van der Waals surface area contributed by atoms with Crippen LogP contribution in [0.15, 0.2) is 4.34 Å². The molecule has 1 rings (SSSR count). The van der Waals surface area contributed by atoms with E-state index in [-0.39, 0.29) is 5.75 Å². The molecule has 0 saturated carbocycles. The summed E-state index contributed by atoms with van der Waals surface area (Å²) < 4.78 is 0.648. The lowest BCUT2D eigenvalue weighted by Crippen LogP contribution is -3.05. The minimum Gasteiger partial charge on any atom is -0.549 e. The summed E-state index contributed by atoms with van der Waals surface area (Å²) in [5.41, 5.74) is 0. The van der Waals surface area contributed by atoms with E-state index in [1.165, 1.54) is 16.2 Å². The number of nitrogens with zero attached hydrogens (tertiary/aromatic N) is 2. The van der Waals surface area contributed by atoms with E-state index in [2.05, 4.69) is 29.6 Å². The Morgan fingerprint density at radius 3 is 2.94 bits per heavy atom. The van der Waals surface area contributed by atoms with Gasteiger partial charge >= 0.3 is 0 Å². The van der Waals surface area contributed by atoms with Gasteiger partial charge in [-0.1, -0.05) is 23.1 Å². The molecule has 8 heteroatoms. The summed E-state index contributed by atoms with van der Waals surface area (Å²) in [5, 5.41) is 22.0. The third kappa shape index (κ3) is 6.44. The Bertz CT molecular complexity index is 357. The smallest absolute Gasteiger partial charge is 0.206 e. The number of hydrogen-bond donors (Lipinski definition) is 2. The van der Waals surface area contributed by atoms with Crippen LogP contribution in [0.2, 0.25) is 0 Å². The first kappa shape index (κ1) is 14.2. The lowest BCUT2D eigenvalue weighted by Gasteiger charge is -2.06. The van der Waals surface area contributed by atoms with Crippen LogP contribution in [0.1, 0.15) is 6.42 Å². The predicted octanol–water partition coefficient (Wildman–Crippen LogP) is -1.67. The summed E-state index contributed by atoms with van der Waals surface area (Å²) in [6.45, 7) is 1.95. The molecule has 0 atom stereocenters. The van der Waals surface area contributed by atoms with Gasteiger partial charge in [-0.25, -0.2) is 0 Å². The number of nitrogens with one attached hydrogen (secondary N) is 2. The highest BCUT2D eigenvalue weighted by atomic mass is 32.2. The zero-order chi connectivity index (χ0) is 12.7. The van der Waals surface area contributed by atoms with Crippen molar-refractivity contribution in [3.05, 3.63) is 0 Å². The van der Waals surface area contributed by atoms with E-state index >= 15 is 0 Å². The number of quaternary nitrogens is 1. The quantitative estimate of drug-likeness (QED) is 0.436. The first-order valence-electron chi connectivity index (χ1n) is 5.27. The molecule has 0 spiro atoms. The molecule has 6 nitrogen and oxygen atoms in total. The number of carboxylic acids is 1. The van der Waals surface area contributed by atoms with E-state index in [4.69, 9.17) is 0 Å². The summed E-state index contributed by atoms with van der Waals surface area (Å²) in [6.07, 6.45) is 1.06. The molecule has 0 radical (unpaired) electrons. The number of carbonyl (C=O) groups is 1. The van der Waals surface area contributed by atoms with Gasteiger partial charge in [-0.3, -0.25) is 0 Å². The zero-order valence-corrected chi connectivity index (χ0v) is 11.5. The molecule has 0 aliphatic rings. The van der Waals surface area contributed by atoms with Crippen molar-refractivity contribution in [2.45, 2.75) is 10.8 Å². The van der Waals surface area contributed by atoms with E-state index in [1.54, 1.807) is 0 Å². The molecule has 1 aromatic rings. The molecule has 0 amide bonds. The van der Waals surface area contributed by atoms with E-state index in [0.717, 1.165) is 36.4 Å². The van der Waals surface area contributed by atoms with Crippen LogP contribution in [0.5, 0.6) is 0 Å². The van der Waals surface area contributed by atoms with Crippen LogP contribution in [0.3, 0.4) is 0 Å². The predicted molar refractivity (Wildman–Crippen MR) is 66.4 cm³/mol. The van der Waals surface area contributed by atoms with Gasteiger partial charge in [0.2, 0.25) is 5.13 Å². The lowest BCUT2D eigenvalue weighted by molar-refractivity contribution is -0.858. The molecule has 96 valence electrons. The largest absolute Gasteiger partial charge is 0.549 e. The third-order valence-corrected chi connectivity index (χ3v) is 3.84. The minimum absolute atomic E-state index is 0.0847. The number of aromatic nitrogens is 2. The van der Waals surface area contributed by atoms with Crippen LogP contribution in [-0.4, -0.2) is 49.1 Å². The third-order valence-electron chi connectivity index (χ3n) is 1.85. The van der Waals surface area contributed by atoms with Gasteiger partial charge in [-0.15, -0.1) is 10.2 Å². The Morgan fingerprint density at radius 2 is 2.29 bits per heavy atom. The molecule has 0 aromatic carbocycles. The monoisotopic (exact) mass is 276 g/mol. The van der Waals surface area contributed by atoms with E-state index in [9.17, 15) is 9.90 Å². The number of rotatable bonds is 8. The molecule has 0 fully saturated rings. The number of anilines is 1. The average molecular weight is 276 g/mol. The topological polar surface area (TPSA) is 82.4 Å². The van der Waals surface area contributed by atoms with E-state index < -0.39 is 5.97 Å². The summed E-state index contributed by atoms with van der Waals surface area (Å²) in [7, 11) is 4.22. The number of hydrogen-bond acceptors (Lipinski definition) is 7. The van der Waals surface area contributed by atoms with Gasteiger partial charge in [0.05, 0.1) is 26.6 Å². The van der Waals surface area contributed by atoms with Crippen molar-refractivity contribution in [1.29, 1.82) is 0 Å². The van der Waals surface area contributed by atoms with Crippen molar-refractivity contribution in [3.8, 4) is 0 Å². The molecular weight excluding hydrogens is 260 g/mol. The molecule has 0 bridgehead atoms. The Balaban J connectivity index is 2.23. The number of carboxylic acid groups (broad SMARTS) is 1. The second kappa shape index (κ2) is 7.46. The molecule has 0 aliphatic heterocycles. The van der Waals surface area contributed by atoms with Crippen LogP contribution in [0, 0.1) is 0 Å². The fourth-order valence-corrected chi connectivity index (χ4v) is 2.59. The maximum absolute atomic E-state index is 10.3. The first-order chi connectivity index (χ1) is 8.08. The van der Waals surface area contributed by atoms with Crippen molar-refractivity contribution in [2.75, 3.05) is 38.3 Å². The summed E-state index contributed by atoms with van der Waals surface area (Å²) in [4.78, 5) is 11.7. The highest BCUT2D eigenvalue weighted by Crippen LogP contribution is 2.24. The van der Waals surface area contributed by atoms with Gasteiger partial charge < -0.3 is 20.1 Å². The van der Waals surface area contributed by atoms with E-state index in [1.807, 2.05) is 0 Å². The number of aliphatic carboxylic acids is 1. The molecule has 0 unspecified atom stereocenters. The summed E-state index contributed by atoms with van der Waals surface area (Å²) >= 11 is 2.50. The standard InChI is InChI=1S/C9H16N4O2S2/c1-13(2)5-3-4-10-8-11-12-9(17-8)16-6-7(14)15/h3-6H2,1-2H3,(H,10,11)(H,14,15). The van der Waals surface area contributed by atoms with Gasteiger partial charge in [0.1, 0.15) is 0 Å². The van der Waals surface area contributed by atoms with Crippen molar-refractivity contribution in [3.63, 3.8) is 0 Å². The van der Waals surface area contributed by atoms with Gasteiger partial charge in [0.15, 0.2) is 4.34 Å². The summed E-state index contributed by atoms with van der Waals surface area (Å²) in [5.74, 6) is -1.17. The van der Waals surface area contributed by atoms with Crippen molar-refractivity contribution >= 4 is 34.2 Å². The molecule has 0 saturated heterocycles. The fourth-order valence-electron chi connectivity index (χ4n) is 1.10. The fraction of sp³-hybridized carbons (Fsp3) is 0.667. The Hall–Kier alpha value is -0.860. The van der Waals surface area contributed by atoms with Crippen LogP contribution < -0.4 is 15.3 Å². The molecule has 1 heterocycles. The van der Waals surface area contributed by atoms with Gasteiger partial charge in [-0.2, -0.15) is 0 Å². The number of thioether (sulfide) groups is 1. The average Bonchev–Trinajstić information content (AvgIpc) is 2.69. The van der Waals surface area contributed by atoms with Gasteiger partial charge in [0.25, 0.3) is 0 Å². The highest BCUT2D eigenvalue weighted by Gasteiger charge is 2.04. The highest BCUT2D eigenvalue weighted by molar-refractivity contribution is 8.01. The van der Waals surface area contributed by atoms with Crippen molar-refractivity contribution in [2.24, 2.45) is 0 Å². The maximum atomic E-state index is 10.3. The Labute approximate surface area is 108 Å². The van der Waals surface area contributed by atoms with Crippen LogP contribution in [-0.2, 0) is 4.79 Å². The van der Waals surface area contributed by atoms with Crippen molar-refractivity contribution in [1.82, 2.24) is 10.2 Å². The zero-order valence-electron chi connectivity index (χ0n) is 9.86. The van der Waals surface area contributed by atoms with Crippen LogP contribution >= 0.6 is 23.1 Å². The Morgan fingerprint density at radius 1 is 1.53 bits per heavy atom. The van der Waals surface area contributed by atoms with Gasteiger partial charge in [0, 0.05) is 18.7 Å². The molecular formula is C9H16N4O2S2. The number of carbonyl (C=O) groups excluding carboxylic acids is 1. The molecule has 1 aromatic heterocycles. The van der Waals surface area contributed by atoms with Crippen LogP contribution in [0.25, 0.3) is 0 Å². The Kier molecular flexibility index (Phi) is 6.23. The lowest BCUT2D eigenvalue weighted by atomic mass is 10.4. The van der Waals surface area contributed by atoms with Crippen LogP contribution in [0.4, 0.5) is 5.13 Å². The van der Waals surface area contributed by atoms with E-state index in [0.29, 0.717) is 4.34 Å². The molecule has 2 N–H and O–H groups in total. The second-order valence-corrected chi connectivity index (χ2v) is 5.97. The second-order valence-electron chi connectivity index (χ2n) is 3.77. The van der Waals surface area contributed by atoms with Gasteiger partial charge in [-0.05, 0) is 0 Å². The SMILES string of the molecule is C[NH+](C)CCCNc1nnc(SCC(=O)[O-])s1.